The van der Waals surface area contributed by atoms with E-state index in [1.54, 1.807) is 6.07 Å². The molecule has 1 aromatic carbocycles. The van der Waals surface area contributed by atoms with E-state index in [1.165, 1.54) is 0 Å². The Morgan fingerprint density at radius 2 is 2.19 bits per heavy atom. The van der Waals surface area contributed by atoms with E-state index < -0.39 is 29.3 Å². The number of nitrogens with zero attached hydrogens (tertiary/aromatic N) is 1. The number of aromatic carboxylic acids is 1. The third-order valence-corrected chi connectivity index (χ3v) is 1.97. The molecule has 6 heteroatoms. The molecule has 1 aromatic rings. The lowest BCUT2D eigenvalue weighted by molar-refractivity contribution is 0.0692. The number of nitriles is 1. The summed E-state index contributed by atoms with van der Waals surface area (Å²) in [6.07, 6.45) is -2.97. The molecule has 0 radical (unpaired) electrons. The van der Waals surface area contributed by atoms with Gasteiger partial charge in [-0.05, 0) is 12.1 Å². The van der Waals surface area contributed by atoms with Crippen LogP contribution in [-0.4, -0.2) is 18.2 Å². The number of halogens is 2. The Hall–Kier alpha value is -2.16. The van der Waals surface area contributed by atoms with Crippen molar-refractivity contribution in [3.05, 3.63) is 28.8 Å². The molecular weight excluding hydrogens is 220 g/mol. The van der Waals surface area contributed by atoms with Crippen molar-refractivity contribution >= 4 is 5.97 Å². The normalized spacial score (nSPS) is 9.94. The Morgan fingerprint density at radius 3 is 2.56 bits per heavy atom. The molecule has 1 N–H and O–H groups in total. The Labute approximate surface area is 89.7 Å². The van der Waals surface area contributed by atoms with E-state index in [2.05, 4.69) is 4.74 Å². The lowest BCUT2D eigenvalue weighted by Gasteiger charge is -2.11. The summed E-state index contributed by atoms with van der Waals surface area (Å²) in [6, 6.07) is 3.66. The number of alkyl halides is 2. The number of hydrogen-bond acceptors (Lipinski definition) is 3. The molecule has 84 valence electrons. The molecule has 0 atom stereocenters. The predicted octanol–water partition coefficient (Wildman–Crippen LogP) is 2.20. The van der Waals surface area contributed by atoms with E-state index in [0.717, 1.165) is 19.2 Å². The minimum atomic E-state index is -2.97. The van der Waals surface area contributed by atoms with E-state index in [9.17, 15) is 13.6 Å². The average molecular weight is 227 g/mol. The van der Waals surface area contributed by atoms with Gasteiger partial charge in [-0.3, -0.25) is 0 Å². The quantitative estimate of drug-likeness (QED) is 0.859. The minimum absolute atomic E-state index is 0.295. The van der Waals surface area contributed by atoms with Gasteiger partial charge in [-0.1, -0.05) is 0 Å². The van der Waals surface area contributed by atoms with Crippen molar-refractivity contribution in [2.75, 3.05) is 7.11 Å². The Bertz CT molecular complexity index is 466. The fourth-order valence-corrected chi connectivity index (χ4v) is 1.30. The van der Waals surface area contributed by atoms with Crippen molar-refractivity contribution in [2.24, 2.45) is 0 Å². The van der Waals surface area contributed by atoms with Gasteiger partial charge in [0.15, 0.2) is 0 Å². The van der Waals surface area contributed by atoms with Crippen LogP contribution in [0.1, 0.15) is 27.9 Å². The molecule has 4 nitrogen and oxygen atoms in total. The topological polar surface area (TPSA) is 70.3 Å². The van der Waals surface area contributed by atoms with Gasteiger partial charge in [0.25, 0.3) is 6.43 Å². The van der Waals surface area contributed by atoms with Gasteiger partial charge < -0.3 is 9.84 Å². The van der Waals surface area contributed by atoms with Crippen molar-refractivity contribution in [3.8, 4) is 11.8 Å². The second-order valence-electron chi connectivity index (χ2n) is 2.83. The fourth-order valence-electron chi connectivity index (χ4n) is 1.30. The van der Waals surface area contributed by atoms with Crippen LogP contribution >= 0.6 is 0 Å². The molecule has 0 saturated carbocycles. The van der Waals surface area contributed by atoms with Gasteiger partial charge in [-0.15, -0.1) is 0 Å². The van der Waals surface area contributed by atoms with Crippen LogP contribution in [0.15, 0.2) is 12.1 Å². The highest BCUT2D eigenvalue weighted by molar-refractivity contribution is 5.92. The highest BCUT2D eigenvalue weighted by atomic mass is 19.3. The van der Waals surface area contributed by atoms with Crippen molar-refractivity contribution < 1.29 is 23.4 Å². The minimum Gasteiger partial charge on any atom is -0.495 e. The lowest BCUT2D eigenvalue weighted by atomic mass is 10.0. The number of methoxy groups -OCH3 is 1. The highest BCUT2D eigenvalue weighted by Crippen LogP contribution is 2.34. The molecule has 0 unspecified atom stereocenters. The first-order valence-corrected chi connectivity index (χ1v) is 4.15. The first kappa shape index (κ1) is 11.9. The van der Waals surface area contributed by atoms with Gasteiger partial charge in [-0.2, -0.15) is 5.26 Å². The standard InChI is InChI=1S/C10H7F2NO3/c1-16-8-6(10(14)15)3-2-5(4-13)7(8)9(11)12/h2-3,9H,1H3,(H,14,15). The van der Waals surface area contributed by atoms with Crippen molar-refractivity contribution in [1.29, 1.82) is 5.26 Å². The first-order chi connectivity index (χ1) is 7.52. The molecule has 16 heavy (non-hydrogen) atoms. The van der Waals surface area contributed by atoms with Gasteiger partial charge in [0, 0.05) is 0 Å². The molecule has 0 aliphatic heterocycles. The number of rotatable bonds is 3. The molecule has 0 saturated heterocycles. The number of ether oxygens (including phenoxy) is 1. The molecule has 0 bridgehead atoms. The fraction of sp³-hybridized carbons (Fsp3) is 0.200. The largest absolute Gasteiger partial charge is 0.495 e. The van der Waals surface area contributed by atoms with Crippen molar-refractivity contribution in [3.63, 3.8) is 0 Å². The van der Waals surface area contributed by atoms with Gasteiger partial charge in [0.1, 0.15) is 11.3 Å². The van der Waals surface area contributed by atoms with Crippen LogP contribution in [0, 0.1) is 11.3 Å². The Kier molecular flexibility index (Phi) is 3.40. The van der Waals surface area contributed by atoms with E-state index in [4.69, 9.17) is 10.4 Å². The van der Waals surface area contributed by atoms with Crippen LogP contribution in [0.25, 0.3) is 0 Å². The zero-order valence-corrected chi connectivity index (χ0v) is 8.20. The van der Waals surface area contributed by atoms with Crippen LogP contribution in [0.4, 0.5) is 8.78 Å². The molecule has 0 amide bonds. The van der Waals surface area contributed by atoms with Crippen LogP contribution < -0.4 is 4.74 Å². The van der Waals surface area contributed by atoms with Crippen molar-refractivity contribution in [2.45, 2.75) is 6.43 Å². The van der Waals surface area contributed by atoms with Gasteiger partial charge in [0.05, 0.1) is 24.3 Å². The zero-order chi connectivity index (χ0) is 12.3. The van der Waals surface area contributed by atoms with Crippen LogP contribution in [0.2, 0.25) is 0 Å². The molecular formula is C10H7F2NO3. The van der Waals surface area contributed by atoms with E-state index in [0.29, 0.717) is 0 Å². The summed E-state index contributed by atoms with van der Waals surface area (Å²) in [4.78, 5) is 10.7. The van der Waals surface area contributed by atoms with E-state index in [-0.39, 0.29) is 5.56 Å². The number of carboxylic acid groups (broad SMARTS) is 1. The second kappa shape index (κ2) is 4.57. The highest BCUT2D eigenvalue weighted by Gasteiger charge is 2.24. The first-order valence-electron chi connectivity index (χ1n) is 4.15. The smallest absolute Gasteiger partial charge is 0.339 e. The number of carboxylic acids is 1. The van der Waals surface area contributed by atoms with Crippen molar-refractivity contribution in [1.82, 2.24) is 0 Å². The third-order valence-electron chi connectivity index (χ3n) is 1.97. The molecule has 0 heterocycles. The molecule has 0 aliphatic rings. The zero-order valence-electron chi connectivity index (χ0n) is 8.20. The van der Waals surface area contributed by atoms with Gasteiger partial charge >= 0.3 is 5.97 Å². The van der Waals surface area contributed by atoms with Gasteiger partial charge in [0.2, 0.25) is 0 Å². The van der Waals surface area contributed by atoms with Crippen LogP contribution in [0.5, 0.6) is 5.75 Å². The van der Waals surface area contributed by atoms with Crippen LogP contribution in [0.3, 0.4) is 0 Å². The molecule has 1 rings (SSSR count). The average Bonchev–Trinajstić information content (AvgIpc) is 2.26. The summed E-state index contributed by atoms with van der Waals surface area (Å²) in [7, 11) is 1.08. The monoisotopic (exact) mass is 227 g/mol. The Morgan fingerprint density at radius 1 is 1.56 bits per heavy atom. The summed E-state index contributed by atoms with van der Waals surface area (Å²) in [6.45, 7) is 0. The van der Waals surface area contributed by atoms with E-state index >= 15 is 0 Å². The molecule has 0 aliphatic carbocycles. The maximum Gasteiger partial charge on any atom is 0.339 e. The summed E-state index contributed by atoms with van der Waals surface area (Å²) < 4.78 is 30.0. The number of hydrogen-bond donors (Lipinski definition) is 1. The Balaban J connectivity index is 3.57. The van der Waals surface area contributed by atoms with Gasteiger partial charge in [-0.25, -0.2) is 13.6 Å². The third kappa shape index (κ3) is 1.93. The second-order valence-corrected chi connectivity index (χ2v) is 2.83. The maximum absolute atomic E-state index is 12.7. The SMILES string of the molecule is COc1c(C(=O)O)ccc(C#N)c1C(F)F. The summed E-state index contributed by atoms with van der Waals surface area (Å²) >= 11 is 0. The number of carbonyl (C=O) groups is 1. The molecule has 0 spiro atoms. The summed E-state index contributed by atoms with van der Waals surface area (Å²) in [5, 5.41) is 17.4. The van der Waals surface area contributed by atoms with E-state index in [1.807, 2.05) is 0 Å². The number of benzene rings is 1. The lowest BCUT2D eigenvalue weighted by Crippen LogP contribution is -2.05. The summed E-state index contributed by atoms with van der Waals surface area (Å²) in [5.74, 6) is -1.86. The maximum atomic E-state index is 12.7. The summed E-state index contributed by atoms with van der Waals surface area (Å²) in [5.41, 5.74) is -1.38. The molecule has 0 aromatic heterocycles. The molecule has 0 fully saturated rings. The van der Waals surface area contributed by atoms with Crippen LogP contribution in [-0.2, 0) is 0 Å². The predicted molar refractivity (Wildman–Crippen MR) is 49.6 cm³/mol.